The molecule has 3 nitrogen and oxygen atoms in total. The fourth-order valence-electron chi connectivity index (χ4n) is 7.32. The van der Waals surface area contributed by atoms with Gasteiger partial charge in [-0.1, -0.05) is 19.4 Å². The maximum absolute atomic E-state index is 15.1. The molecule has 8 atom stereocenters. The highest BCUT2D eigenvalue weighted by atomic mass is 32.1. The maximum Gasteiger partial charge on any atom is 0.216 e. The van der Waals surface area contributed by atoms with Crippen LogP contribution >= 0.6 is 12.2 Å². The molecule has 3 saturated carbocycles. The van der Waals surface area contributed by atoms with Crippen LogP contribution in [0.4, 0.5) is 8.78 Å². The molecule has 4 aliphatic carbocycles. The molecule has 2 N–H and O–H groups in total. The highest BCUT2D eigenvalue weighted by Crippen LogP contribution is 2.68. The molecule has 0 bridgehead atoms. The summed E-state index contributed by atoms with van der Waals surface area (Å²) in [4.78, 5) is 11.8. The van der Waals surface area contributed by atoms with Crippen molar-refractivity contribution < 1.29 is 23.8 Å². The Kier molecular flexibility index (Phi) is 4.21. The van der Waals surface area contributed by atoms with E-state index in [1.807, 2.05) is 0 Å². The third kappa shape index (κ3) is 2.32. The van der Waals surface area contributed by atoms with E-state index in [2.05, 4.69) is 13.8 Å². The van der Waals surface area contributed by atoms with Crippen LogP contribution in [0.1, 0.15) is 46.5 Å². The Balaban J connectivity index is 1.81. The van der Waals surface area contributed by atoms with Gasteiger partial charge in [0, 0.05) is 17.3 Å². The number of hydrogen-bond acceptors (Lipinski definition) is 3. The zero-order valence-electron chi connectivity index (χ0n) is 15.8. The summed E-state index contributed by atoms with van der Waals surface area (Å²) >= 11 is 5.13. The average molecular weight is 396 g/mol. The first kappa shape index (κ1) is 19.2. The van der Waals surface area contributed by atoms with Gasteiger partial charge in [0.1, 0.15) is 5.83 Å². The van der Waals surface area contributed by atoms with Gasteiger partial charge in [-0.15, -0.1) is 0 Å². The van der Waals surface area contributed by atoms with Crippen LogP contribution in [0, 0.1) is 40.4 Å². The Morgan fingerprint density at radius 3 is 2.63 bits per heavy atom. The van der Waals surface area contributed by atoms with Crippen molar-refractivity contribution in [2.45, 2.75) is 52.6 Å². The van der Waals surface area contributed by atoms with Crippen LogP contribution in [0.25, 0.3) is 0 Å². The predicted octanol–water partition coefficient (Wildman–Crippen LogP) is 4.61. The number of carbonyl (C=O) groups is 1. The van der Waals surface area contributed by atoms with Crippen LogP contribution in [0.15, 0.2) is 23.3 Å². The third-order valence-electron chi connectivity index (χ3n) is 8.31. The summed E-state index contributed by atoms with van der Waals surface area (Å²) in [7, 11) is 0. The molecule has 148 valence electrons. The Morgan fingerprint density at radius 1 is 1.33 bits per heavy atom. The minimum absolute atomic E-state index is 0.00514. The van der Waals surface area contributed by atoms with Gasteiger partial charge in [-0.25, -0.2) is 4.39 Å². The van der Waals surface area contributed by atoms with Gasteiger partial charge < -0.3 is 10.2 Å². The van der Waals surface area contributed by atoms with Crippen LogP contribution in [0.2, 0.25) is 0 Å². The molecule has 0 radical (unpaired) electrons. The van der Waals surface area contributed by atoms with Crippen LogP contribution in [-0.4, -0.2) is 27.2 Å². The first-order valence-corrected chi connectivity index (χ1v) is 10.2. The third-order valence-corrected chi connectivity index (χ3v) is 8.56. The fourth-order valence-corrected chi connectivity index (χ4v) is 7.83. The number of halogens is 2. The Morgan fingerprint density at radius 2 is 2.00 bits per heavy atom. The lowest BCUT2D eigenvalue weighted by Gasteiger charge is -2.58. The highest BCUT2D eigenvalue weighted by molar-refractivity contribution is 7.80. The van der Waals surface area contributed by atoms with Gasteiger partial charge in [0.05, 0.1) is 6.10 Å². The van der Waals surface area contributed by atoms with Crippen LogP contribution in [0.5, 0.6) is 0 Å². The van der Waals surface area contributed by atoms with E-state index >= 15 is 4.39 Å². The van der Waals surface area contributed by atoms with Crippen LogP contribution < -0.4 is 0 Å². The minimum Gasteiger partial charge on any atom is -0.502 e. The van der Waals surface area contributed by atoms with Crippen LogP contribution in [0.3, 0.4) is 0 Å². The summed E-state index contributed by atoms with van der Waals surface area (Å²) in [5.74, 6) is -3.57. The number of fused-ring (bicyclic) bond motifs is 5. The second-order valence-corrected chi connectivity index (χ2v) is 9.92. The molecule has 0 saturated heterocycles. The molecule has 3 fully saturated rings. The van der Waals surface area contributed by atoms with E-state index in [1.165, 1.54) is 6.08 Å². The summed E-state index contributed by atoms with van der Waals surface area (Å²) in [6, 6.07) is 0. The van der Waals surface area contributed by atoms with E-state index in [4.69, 9.17) is 12.2 Å². The summed E-state index contributed by atoms with van der Waals surface area (Å²) in [6.45, 7) is 5.77. The first-order valence-electron chi connectivity index (χ1n) is 9.75. The molecule has 6 heteroatoms. The summed E-state index contributed by atoms with van der Waals surface area (Å²) in [6.07, 6.45) is 2.87. The van der Waals surface area contributed by atoms with E-state index in [9.17, 15) is 19.4 Å². The highest BCUT2D eigenvalue weighted by Gasteiger charge is 2.65. The predicted molar refractivity (Wildman–Crippen MR) is 101 cm³/mol. The normalized spacial score (nSPS) is 49.3. The first-order chi connectivity index (χ1) is 12.5. The molecule has 0 aliphatic heterocycles. The Bertz CT molecular complexity index is 790. The largest absolute Gasteiger partial charge is 0.502 e. The Hall–Kier alpha value is -1.14. The number of rotatable bonds is 1. The number of ketones is 1. The molecular weight excluding hydrogens is 370 g/mol. The molecule has 0 spiro atoms. The van der Waals surface area contributed by atoms with Crippen molar-refractivity contribution in [3.63, 3.8) is 0 Å². The van der Waals surface area contributed by atoms with Crippen molar-refractivity contribution in [1.29, 1.82) is 0 Å². The average Bonchev–Trinajstić information content (AvgIpc) is 2.84. The molecule has 4 rings (SSSR count). The van der Waals surface area contributed by atoms with E-state index in [0.717, 1.165) is 12.8 Å². The van der Waals surface area contributed by atoms with Crippen molar-refractivity contribution in [2.24, 2.45) is 40.4 Å². The molecule has 4 aliphatic rings. The summed E-state index contributed by atoms with van der Waals surface area (Å²) in [5.41, 5.74) is -1.04. The molecule has 0 aromatic heterocycles. The number of allylic oxidation sites excluding steroid dienone is 4. The van der Waals surface area contributed by atoms with Crippen molar-refractivity contribution in [1.82, 2.24) is 0 Å². The van der Waals surface area contributed by atoms with Crippen molar-refractivity contribution >= 4 is 23.1 Å². The lowest BCUT2D eigenvalue weighted by atomic mass is 9.46. The molecule has 0 aromatic rings. The van der Waals surface area contributed by atoms with Gasteiger partial charge in [0.2, 0.25) is 11.6 Å². The van der Waals surface area contributed by atoms with Gasteiger partial charge in [0.15, 0.2) is 5.05 Å². The second kappa shape index (κ2) is 5.93. The molecule has 27 heavy (non-hydrogen) atoms. The molecule has 0 unspecified atom stereocenters. The molecule has 0 heterocycles. The maximum atomic E-state index is 15.1. The quantitative estimate of drug-likeness (QED) is 0.636. The van der Waals surface area contributed by atoms with Crippen molar-refractivity contribution in [3.05, 3.63) is 23.3 Å². The summed E-state index contributed by atoms with van der Waals surface area (Å²) in [5, 5.41) is 21.3. The Labute approximate surface area is 163 Å². The number of thiocarbonyl (C=S) groups is 1. The van der Waals surface area contributed by atoms with E-state index in [0.29, 0.717) is 18.4 Å². The fraction of sp³-hybridized carbons (Fsp3) is 0.714. The number of aliphatic hydroxyl groups excluding tert-OH is 2. The topological polar surface area (TPSA) is 57.5 Å². The number of hydrogen-bond donors (Lipinski definition) is 2. The smallest absolute Gasteiger partial charge is 0.216 e. The van der Waals surface area contributed by atoms with Gasteiger partial charge in [-0.3, -0.25) is 4.79 Å². The van der Waals surface area contributed by atoms with E-state index in [1.54, 1.807) is 6.92 Å². The van der Waals surface area contributed by atoms with Gasteiger partial charge in [0.25, 0.3) is 0 Å². The lowest BCUT2D eigenvalue weighted by molar-refractivity contribution is -0.122. The van der Waals surface area contributed by atoms with Crippen molar-refractivity contribution in [2.75, 3.05) is 0 Å². The number of aliphatic hydroxyl groups is 2. The molecule has 0 amide bonds. The van der Waals surface area contributed by atoms with E-state index in [-0.39, 0.29) is 34.1 Å². The molecular formula is C21H26F2O3S. The van der Waals surface area contributed by atoms with Crippen LogP contribution in [-0.2, 0) is 4.79 Å². The second-order valence-electron chi connectivity index (χ2n) is 9.51. The summed E-state index contributed by atoms with van der Waals surface area (Å²) < 4.78 is 29.3. The molecule has 0 aromatic carbocycles. The lowest BCUT2D eigenvalue weighted by Crippen LogP contribution is -2.57. The zero-order chi connectivity index (χ0) is 19.9. The minimum atomic E-state index is -1.32. The number of carbonyl (C=O) groups excluding carboxylic acids is 1. The monoisotopic (exact) mass is 396 g/mol. The van der Waals surface area contributed by atoms with Gasteiger partial charge in [-0.2, -0.15) is 4.39 Å². The standard InChI is InChI=1S/C21H26F2O3S/c1-9-6-12-11-5-4-10-7-13(24)17(22)18(23)21(10,3)16(11)14(25)8-20(12,2)15(9)19(26)27/h7,9,11-12,14-16,25H,4-6,8H2,1-3H3,(H,26,27)/t9-,11+,12+,14+,15-,16-,20+,21+/m1/s1. The van der Waals surface area contributed by atoms with E-state index < -0.39 is 34.9 Å². The SMILES string of the molecule is C[C@@H]1C[C@H]2[C@@H]3CCC4=CC(=O)C(F)=C(F)[C@]4(C)[C@H]3[C@@H](O)C[C@]2(C)[C@H]1C(O)=S. The zero-order valence-corrected chi connectivity index (χ0v) is 16.7. The van der Waals surface area contributed by atoms with Gasteiger partial charge >= 0.3 is 0 Å². The van der Waals surface area contributed by atoms with Crippen molar-refractivity contribution in [3.8, 4) is 0 Å². The van der Waals surface area contributed by atoms with Gasteiger partial charge in [-0.05, 0) is 74.1 Å².